The molecule has 4 rings (SSSR count). The van der Waals surface area contributed by atoms with Crippen LogP contribution in [0.5, 0.6) is 17.2 Å². The lowest BCUT2D eigenvalue weighted by molar-refractivity contribution is -0.136. The predicted molar refractivity (Wildman–Crippen MR) is 125 cm³/mol. The number of methoxy groups -OCH3 is 2. The van der Waals surface area contributed by atoms with Crippen molar-refractivity contribution in [2.24, 2.45) is 10.2 Å². The number of azo groups is 1. The van der Waals surface area contributed by atoms with Crippen molar-refractivity contribution in [3.8, 4) is 17.2 Å². The van der Waals surface area contributed by atoms with Crippen LogP contribution in [0.1, 0.15) is 28.8 Å². The fraction of sp³-hybridized carbons (Fsp3) is 0.375. The van der Waals surface area contributed by atoms with Crippen LogP contribution in [0.2, 0.25) is 0 Å². The molecule has 0 saturated carbocycles. The van der Waals surface area contributed by atoms with Gasteiger partial charge in [-0.05, 0) is 18.6 Å². The predicted octanol–water partition coefficient (Wildman–Crippen LogP) is 2.23. The molecule has 190 valence electrons. The zero-order valence-electron chi connectivity index (χ0n) is 19.9. The average Bonchev–Trinajstić information content (AvgIpc) is 3.22. The number of amides is 3. The maximum absolute atomic E-state index is 13.0. The van der Waals surface area contributed by atoms with Gasteiger partial charge in [0.1, 0.15) is 19.4 Å². The van der Waals surface area contributed by atoms with E-state index in [2.05, 4.69) is 15.5 Å². The van der Waals surface area contributed by atoms with Gasteiger partial charge < -0.3 is 29.0 Å². The van der Waals surface area contributed by atoms with E-state index in [4.69, 9.17) is 24.1 Å². The second-order valence-corrected chi connectivity index (χ2v) is 7.97. The fourth-order valence-corrected chi connectivity index (χ4v) is 4.11. The zero-order valence-corrected chi connectivity index (χ0v) is 19.9. The summed E-state index contributed by atoms with van der Waals surface area (Å²) in [6.07, 6.45) is 0.461. The van der Waals surface area contributed by atoms with Gasteiger partial charge in [0.25, 0.3) is 5.91 Å². The first-order valence-corrected chi connectivity index (χ1v) is 11.2. The van der Waals surface area contributed by atoms with Gasteiger partial charge in [0.05, 0.1) is 32.2 Å². The Balaban J connectivity index is 1.56. The summed E-state index contributed by atoms with van der Waals surface area (Å²) in [7, 11) is 2.96. The highest BCUT2D eigenvalue weighted by atomic mass is 16.6. The van der Waals surface area contributed by atoms with Crippen LogP contribution >= 0.6 is 0 Å². The van der Waals surface area contributed by atoms with Crippen LogP contribution in [0, 0.1) is 0 Å². The molecule has 12 nitrogen and oxygen atoms in total. The molecule has 1 fully saturated rings. The van der Waals surface area contributed by atoms with E-state index in [1.807, 2.05) is 0 Å². The zero-order chi connectivity index (χ0) is 25.7. The lowest BCUT2D eigenvalue weighted by atomic mass is 10.0. The normalized spacial score (nSPS) is 17.4. The van der Waals surface area contributed by atoms with Crippen molar-refractivity contribution in [1.29, 1.82) is 0 Å². The van der Waals surface area contributed by atoms with Crippen molar-refractivity contribution in [2.45, 2.75) is 25.4 Å². The Labute approximate surface area is 206 Å². The van der Waals surface area contributed by atoms with Gasteiger partial charge in [0.15, 0.2) is 11.5 Å². The van der Waals surface area contributed by atoms with Crippen molar-refractivity contribution in [1.82, 2.24) is 10.2 Å². The van der Waals surface area contributed by atoms with E-state index >= 15 is 0 Å². The number of aliphatic hydroxyl groups excluding tert-OH is 1. The molecule has 36 heavy (non-hydrogen) atoms. The highest BCUT2D eigenvalue weighted by Gasteiger charge is 2.39. The molecule has 0 bridgehead atoms. The van der Waals surface area contributed by atoms with Crippen molar-refractivity contribution in [3.05, 3.63) is 41.5 Å². The number of carbonyl (C=O) groups excluding carboxylic acids is 3. The Morgan fingerprint density at radius 2 is 1.83 bits per heavy atom. The number of piperidine rings is 1. The molecule has 2 aromatic carbocycles. The second kappa shape index (κ2) is 11.1. The van der Waals surface area contributed by atoms with E-state index in [9.17, 15) is 14.4 Å². The summed E-state index contributed by atoms with van der Waals surface area (Å²) in [5.74, 6) is -0.0107. The number of carbonyl (C=O) groups is 3. The van der Waals surface area contributed by atoms with Gasteiger partial charge >= 0.3 is 0 Å². The first-order chi connectivity index (χ1) is 17.5. The minimum Gasteiger partial charge on any atom is -0.493 e. The van der Waals surface area contributed by atoms with E-state index in [1.54, 1.807) is 30.3 Å². The SMILES string of the molecule is COc1cc(/N=N/c2cccc3c2CN(C2CCC(=O)NC2=O)C3=O)cc(OC)c1OCCOCO. The van der Waals surface area contributed by atoms with Gasteiger partial charge in [-0.25, -0.2) is 0 Å². The molecule has 2 aromatic rings. The molecule has 3 amide bonds. The molecular weight excluding hydrogens is 472 g/mol. The Morgan fingerprint density at radius 1 is 1.08 bits per heavy atom. The number of imide groups is 1. The van der Waals surface area contributed by atoms with Crippen molar-refractivity contribution in [3.63, 3.8) is 0 Å². The molecule has 2 aliphatic heterocycles. The maximum Gasteiger partial charge on any atom is 0.255 e. The third-order valence-corrected chi connectivity index (χ3v) is 5.84. The molecule has 1 atom stereocenters. The first kappa shape index (κ1) is 25.1. The maximum atomic E-state index is 13.0. The number of hydrogen-bond donors (Lipinski definition) is 2. The van der Waals surface area contributed by atoms with E-state index in [1.165, 1.54) is 19.1 Å². The number of nitrogens with one attached hydrogen (secondary N) is 1. The van der Waals surface area contributed by atoms with E-state index in [0.717, 1.165) is 0 Å². The molecular formula is C24H26N4O8. The van der Waals surface area contributed by atoms with Crippen molar-refractivity contribution < 1.29 is 38.4 Å². The number of hydrogen-bond acceptors (Lipinski definition) is 10. The summed E-state index contributed by atoms with van der Waals surface area (Å²) in [5.41, 5.74) is 2.00. The summed E-state index contributed by atoms with van der Waals surface area (Å²) in [6.45, 7) is 0.127. The summed E-state index contributed by atoms with van der Waals surface area (Å²) < 4.78 is 21.4. The third kappa shape index (κ3) is 5.14. The van der Waals surface area contributed by atoms with Gasteiger partial charge in [0, 0.05) is 36.2 Å². The monoisotopic (exact) mass is 498 g/mol. The number of benzene rings is 2. The number of rotatable bonds is 10. The molecule has 0 aliphatic carbocycles. The minimum atomic E-state index is -0.712. The van der Waals surface area contributed by atoms with Crippen molar-refractivity contribution in [2.75, 3.05) is 34.2 Å². The lowest BCUT2D eigenvalue weighted by Crippen LogP contribution is -2.52. The number of fused-ring (bicyclic) bond motifs is 1. The van der Waals surface area contributed by atoms with Crippen LogP contribution in [-0.2, 0) is 20.9 Å². The molecule has 0 radical (unpaired) electrons. The Morgan fingerprint density at radius 3 is 2.50 bits per heavy atom. The van der Waals surface area contributed by atoms with Gasteiger partial charge in [-0.2, -0.15) is 10.2 Å². The minimum absolute atomic E-state index is 0.169. The van der Waals surface area contributed by atoms with Crippen LogP contribution in [0.25, 0.3) is 0 Å². The lowest BCUT2D eigenvalue weighted by Gasteiger charge is -2.29. The molecule has 1 unspecified atom stereocenters. The van der Waals surface area contributed by atoms with E-state index in [0.29, 0.717) is 39.8 Å². The number of nitrogens with zero attached hydrogens (tertiary/aromatic N) is 3. The second-order valence-electron chi connectivity index (χ2n) is 7.97. The molecule has 2 N–H and O–H groups in total. The molecule has 1 saturated heterocycles. The Kier molecular flexibility index (Phi) is 7.76. The first-order valence-electron chi connectivity index (χ1n) is 11.2. The van der Waals surface area contributed by atoms with Gasteiger partial charge in [0.2, 0.25) is 17.6 Å². The van der Waals surface area contributed by atoms with Crippen molar-refractivity contribution >= 4 is 29.1 Å². The molecule has 2 aliphatic rings. The van der Waals surface area contributed by atoms with Crippen LogP contribution in [-0.4, -0.2) is 68.0 Å². The molecule has 0 aromatic heterocycles. The van der Waals surface area contributed by atoms with Crippen LogP contribution < -0.4 is 19.5 Å². The molecule has 2 heterocycles. The topological polar surface area (TPSA) is 148 Å². The smallest absolute Gasteiger partial charge is 0.255 e. The summed E-state index contributed by atoms with van der Waals surface area (Å²) in [4.78, 5) is 38.3. The summed E-state index contributed by atoms with van der Waals surface area (Å²) >= 11 is 0. The fourth-order valence-electron chi connectivity index (χ4n) is 4.11. The third-order valence-electron chi connectivity index (χ3n) is 5.84. The summed E-state index contributed by atoms with van der Waals surface area (Å²) in [6, 6.07) is 7.65. The number of ether oxygens (including phenoxy) is 4. The Hall–Kier alpha value is -4.03. The highest BCUT2D eigenvalue weighted by molar-refractivity contribution is 6.06. The van der Waals surface area contributed by atoms with Crippen LogP contribution in [0.15, 0.2) is 40.6 Å². The summed E-state index contributed by atoms with van der Waals surface area (Å²) in [5, 5.41) is 19.7. The van der Waals surface area contributed by atoms with E-state index in [-0.39, 0.29) is 44.4 Å². The van der Waals surface area contributed by atoms with Gasteiger partial charge in [-0.1, -0.05) is 6.07 Å². The molecule has 0 spiro atoms. The Bertz CT molecular complexity index is 1170. The molecule has 12 heteroatoms. The highest BCUT2D eigenvalue weighted by Crippen LogP contribution is 2.42. The van der Waals surface area contributed by atoms with E-state index < -0.39 is 18.7 Å². The largest absolute Gasteiger partial charge is 0.493 e. The average molecular weight is 498 g/mol. The van der Waals surface area contributed by atoms with Crippen LogP contribution in [0.4, 0.5) is 11.4 Å². The number of aliphatic hydroxyl groups is 1. The quantitative estimate of drug-likeness (QED) is 0.219. The van der Waals surface area contributed by atoms with Gasteiger partial charge in [-0.3, -0.25) is 19.7 Å². The van der Waals surface area contributed by atoms with Gasteiger partial charge in [-0.15, -0.1) is 0 Å². The van der Waals surface area contributed by atoms with Crippen LogP contribution in [0.3, 0.4) is 0 Å². The standard InChI is InChI=1S/C24H26N4O8/c1-33-19-10-14(11-20(34-2)22(19)36-9-8-35-13-29)26-27-17-5-3-4-15-16(17)12-28(24(15)32)18-6-7-21(30)25-23(18)31/h3-5,10-11,18,29H,6-9,12-13H2,1-2H3,(H,25,30,31)/b27-26+.